The Morgan fingerprint density at radius 3 is 2.41 bits per heavy atom. The highest BCUT2D eigenvalue weighted by atomic mass is 19.1. The van der Waals surface area contributed by atoms with Crippen molar-refractivity contribution in [2.24, 2.45) is 0 Å². The smallest absolute Gasteiger partial charge is 0.256 e. The van der Waals surface area contributed by atoms with Gasteiger partial charge >= 0.3 is 0 Å². The van der Waals surface area contributed by atoms with Gasteiger partial charge in [-0.05, 0) is 29.8 Å². The third kappa shape index (κ3) is 3.31. The molecule has 22 heavy (non-hydrogen) atoms. The molecule has 1 saturated heterocycles. The summed E-state index contributed by atoms with van der Waals surface area (Å²) in [5.74, 6) is -0.673. The van der Waals surface area contributed by atoms with Crippen LogP contribution in [0.5, 0.6) is 0 Å². The number of benzene rings is 1. The maximum absolute atomic E-state index is 13.7. The highest BCUT2D eigenvalue weighted by Gasteiger charge is 2.23. The van der Waals surface area contributed by atoms with Crippen LogP contribution in [0.2, 0.25) is 0 Å². The number of carbonyl (C=O) groups excluding carboxylic acids is 1. The molecule has 0 N–H and O–H groups in total. The Kier molecular flexibility index (Phi) is 4.44. The highest BCUT2D eigenvalue weighted by Crippen LogP contribution is 2.13. The van der Waals surface area contributed by atoms with Crippen LogP contribution < -0.4 is 0 Å². The fourth-order valence-electron chi connectivity index (χ4n) is 2.66. The number of carbonyl (C=O) groups is 1. The van der Waals surface area contributed by atoms with Crippen molar-refractivity contribution in [1.82, 2.24) is 14.8 Å². The first-order chi connectivity index (χ1) is 10.7. The van der Waals surface area contributed by atoms with Gasteiger partial charge in [0.1, 0.15) is 5.82 Å². The molecule has 1 aromatic heterocycles. The van der Waals surface area contributed by atoms with Crippen LogP contribution in [-0.4, -0.2) is 46.9 Å². The van der Waals surface area contributed by atoms with Crippen LogP contribution in [0.25, 0.3) is 0 Å². The lowest BCUT2D eigenvalue weighted by molar-refractivity contribution is 0.0624. The fraction of sp³-hybridized carbons (Fsp3) is 0.294. The summed E-state index contributed by atoms with van der Waals surface area (Å²) in [5, 5.41) is 0. The van der Waals surface area contributed by atoms with E-state index >= 15 is 0 Å². The van der Waals surface area contributed by atoms with Crippen molar-refractivity contribution in [2.45, 2.75) is 6.54 Å². The maximum Gasteiger partial charge on any atom is 0.256 e. The molecule has 0 radical (unpaired) electrons. The van der Waals surface area contributed by atoms with E-state index in [1.165, 1.54) is 11.6 Å². The van der Waals surface area contributed by atoms with E-state index in [9.17, 15) is 9.18 Å². The Labute approximate surface area is 129 Å². The van der Waals surface area contributed by atoms with Crippen LogP contribution in [0, 0.1) is 5.82 Å². The molecule has 3 rings (SSSR count). The topological polar surface area (TPSA) is 36.4 Å². The minimum atomic E-state index is -0.452. The number of hydrogen-bond acceptors (Lipinski definition) is 3. The normalized spacial score (nSPS) is 15.8. The number of nitrogens with zero attached hydrogens (tertiary/aromatic N) is 3. The molecule has 0 unspecified atom stereocenters. The molecule has 0 aliphatic carbocycles. The Morgan fingerprint density at radius 1 is 1.05 bits per heavy atom. The quantitative estimate of drug-likeness (QED) is 0.871. The van der Waals surface area contributed by atoms with Crippen LogP contribution in [-0.2, 0) is 6.54 Å². The summed E-state index contributed by atoms with van der Waals surface area (Å²) in [6, 6.07) is 10.1. The molecule has 0 bridgehead atoms. The molecule has 0 spiro atoms. The fourth-order valence-corrected chi connectivity index (χ4v) is 2.66. The summed E-state index contributed by atoms with van der Waals surface area (Å²) in [6.07, 6.45) is 3.57. The van der Waals surface area contributed by atoms with Gasteiger partial charge in [-0.1, -0.05) is 12.1 Å². The largest absolute Gasteiger partial charge is 0.336 e. The molecule has 1 amide bonds. The van der Waals surface area contributed by atoms with Crippen molar-refractivity contribution in [1.29, 1.82) is 0 Å². The molecular weight excluding hydrogens is 281 g/mol. The molecule has 2 heterocycles. The van der Waals surface area contributed by atoms with Gasteiger partial charge in [0.15, 0.2) is 0 Å². The third-order valence-electron chi connectivity index (χ3n) is 3.92. The number of rotatable bonds is 3. The van der Waals surface area contributed by atoms with Crippen molar-refractivity contribution < 1.29 is 9.18 Å². The summed E-state index contributed by atoms with van der Waals surface area (Å²) >= 11 is 0. The van der Waals surface area contributed by atoms with Crippen LogP contribution in [0.3, 0.4) is 0 Å². The number of piperazine rings is 1. The summed E-state index contributed by atoms with van der Waals surface area (Å²) in [7, 11) is 0. The SMILES string of the molecule is O=C(c1ccccc1F)N1CCN(Cc2ccncc2)CC1. The van der Waals surface area contributed by atoms with E-state index in [4.69, 9.17) is 0 Å². The number of halogens is 1. The van der Waals surface area contributed by atoms with Crippen molar-refractivity contribution in [3.8, 4) is 0 Å². The van der Waals surface area contributed by atoms with Gasteiger partial charge in [0, 0.05) is 45.1 Å². The zero-order valence-corrected chi connectivity index (χ0v) is 12.3. The molecule has 1 aliphatic rings. The molecule has 4 nitrogen and oxygen atoms in total. The van der Waals surface area contributed by atoms with E-state index in [2.05, 4.69) is 9.88 Å². The predicted octanol–water partition coefficient (Wildman–Crippen LogP) is 2.18. The van der Waals surface area contributed by atoms with Gasteiger partial charge in [0.25, 0.3) is 5.91 Å². The Bertz CT molecular complexity index is 639. The highest BCUT2D eigenvalue weighted by molar-refractivity contribution is 5.94. The molecule has 5 heteroatoms. The second-order valence-electron chi connectivity index (χ2n) is 5.40. The monoisotopic (exact) mass is 299 g/mol. The molecule has 0 saturated carbocycles. The summed E-state index contributed by atoms with van der Waals surface area (Å²) in [5.41, 5.74) is 1.37. The van der Waals surface area contributed by atoms with Gasteiger partial charge < -0.3 is 4.90 Å². The minimum absolute atomic E-state index is 0.157. The first-order valence-corrected chi connectivity index (χ1v) is 7.39. The first-order valence-electron chi connectivity index (χ1n) is 7.39. The third-order valence-corrected chi connectivity index (χ3v) is 3.92. The molecule has 1 aliphatic heterocycles. The van der Waals surface area contributed by atoms with E-state index in [1.54, 1.807) is 35.5 Å². The van der Waals surface area contributed by atoms with E-state index in [-0.39, 0.29) is 11.5 Å². The van der Waals surface area contributed by atoms with E-state index in [0.29, 0.717) is 13.1 Å². The Hall–Kier alpha value is -2.27. The number of hydrogen-bond donors (Lipinski definition) is 0. The molecule has 0 atom stereocenters. The average Bonchev–Trinajstić information content (AvgIpc) is 2.56. The summed E-state index contributed by atoms with van der Waals surface area (Å²) < 4.78 is 13.7. The standard InChI is InChI=1S/C17H18FN3O/c18-16-4-2-1-3-15(16)17(22)21-11-9-20(10-12-21)13-14-5-7-19-8-6-14/h1-8H,9-13H2. The summed E-state index contributed by atoms with van der Waals surface area (Å²) in [4.78, 5) is 20.4. The van der Waals surface area contributed by atoms with Crippen LogP contribution in [0.1, 0.15) is 15.9 Å². The van der Waals surface area contributed by atoms with Crippen molar-refractivity contribution in [3.05, 3.63) is 65.7 Å². The van der Waals surface area contributed by atoms with Crippen molar-refractivity contribution in [3.63, 3.8) is 0 Å². The lowest BCUT2D eigenvalue weighted by Crippen LogP contribution is -2.48. The molecular formula is C17H18FN3O. The van der Waals surface area contributed by atoms with Crippen molar-refractivity contribution in [2.75, 3.05) is 26.2 Å². The average molecular weight is 299 g/mol. The Morgan fingerprint density at radius 2 is 1.73 bits per heavy atom. The van der Waals surface area contributed by atoms with E-state index < -0.39 is 5.82 Å². The van der Waals surface area contributed by atoms with Gasteiger partial charge in [-0.2, -0.15) is 0 Å². The second-order valence-corrected chi connectivity index (χ2v) is 5.40. The van der Waals surface area contributed by atoms with Gasteiger partial charge in [-0.25, -0.2) is 4.39 Å². The second kappa shape index (κ2) is 6.66. The first kappa shape index (κ1) is 14.7. The van der Waals surface area contributed by atoms with Gasteiger partial charge in [0.05, 0.1) is 5.56 Å². The van der Waals surface area contributed by atoms with Gasteiger partial charge in [-0.3, -0.25) is 14.7 Å². The van der Waals surface area contributed by atoms with Crippen LogP contribution in [0.15, 0.2) is 48.8 Å². The lowest BCUT2D eigenvalue weighted by atomic mass is 10.1. The molecule has 114 valence electrons. The van der Waals surface area contributed by atoms with Crippen LogP contribution in [0.4, 0.5) is 4.39 Å². The zero-order valence-electron chi connectivity index (χ0n) is 12.3. The van der Waals surface area contributed by atoms with Crippen LogP contribution >= 0.6 is 0 Å². The van der Waals surface area contributed by atoms with Gasteiger partial charge in [0.2, 0.25) is 0 Å². The predicted molar refractivity (Wildman–Crippen MR) is 81.8 cm³/mol. The molecule has 1 fully saturated rings. The number of aromatic nitrogens is 1. The molecule has 2 aromatic rings. The van der Waals surface area contributed by atoms with E-state index in [0.717, 1.165) is 19.6 Å². The number of amides is 1. The maximum atomic E-state index is 13.7. The lowest BCUT2D eigenvalue weighted by Gasteiger charge is -2.34. The van der Waals surface area contributed by atoms with Crippen molar-refractivity contribution >= 4 is 5.91 Å². The van der Waals surface area contributed by atoms with E-state index in [1.807, 2.05) is 12.1 Å². The van der Waals surface area contributed by atoms with Gasteiger partial charge in [-0.15, -0.1) is 0 Å². The zero-order chi connectivity index (χ0) is 15.4. The Balaban J connectivity index is 1.58. The summed E-state index contributed by atoms with van der Waals surface area (Å²) in [6.45, 7) is 3.69. The molecule has 1 aromatic carbocycles. The number of pyridine rings is 1. The minimum Gasteiger partial charge on any atom is -0.336 e.